The van der Waals surface area contributed by atoms with Gasteiger partial charge in [-0.25, -0.2) is 0 Å². The quantitative estimate of drug-likeness (QED) is 0.723. The highest BCUT2D eigenvalue weighted by atomic mass is 32.1. The van der Waals surface area contributed by atoms with Crippen LogP contribution in [-0.2, 0) is 11.2 Å². The van der Waals surface area contributed by atoms with E-state index in [1.807, 2.05) is 29.6 Å². The van der Waals surface area contributed by atoms with E-state index in [9.17, 15) is 4.79 Å². The van der Waals surface area contributed by atoms with Crippen LogP contribution in [0.15, 0.2) is 41.8 Å². The number of carbonyl (C=O) groups excluding carboxylic acids is 1. The molecule has 0 radical (unpaired) electrons. The number of anilines is 1. The Bertz CT molecular complexity index is 758. The fraction of sp³-hybridized carbons (Fsp3) is 0.200. The first-order valence-corrected chi connectivity index (χ1v) is 7.85. The Morgan fingerprint density at radius 3 is 3.00 bits per heavy atom. The van der Waals surface area contributed by atoms with Crippen LogP contribution in [0.1, 0.15) is 16.6 Å². The van der Waals surface area contributed by atoms with E-state index in [0.29, 0.717) is 23.7 Å². The van der Waals surface area contributed by atoms with Gasteiger partial charge in [-0.3, -0.25) is 4.79 Å². The first-order chi connectivity index (χ1) is 11.3. The average Bonchev–Trinajstić information content (AvgIpc) is 3.26. The maximum Gasteiger partial charge on any atom is 0.235 e. The molecule has 0 saturated carbocycles. The number of nitrogens with one attached hydrogen (secondary N) is 2. The molecular weight excluding hydrogens is 314 g/mol. The Hall–Kier alpha value is -2.74. The summed E-state index contributed by atoms with van der Waals surface area (Å²) < 4.78 is 5.17. The molecule has 0 aliphatic carbocycles. The van der Waals surface area contributed by atoms with Crippen molar-refractivity contribution in [2.45, 2.75) is 12.3 Å². The predicted octanol–water partition coefficient (Wildman–Crippen LogP) is 2.23. The summed E-state index contributed by atoms with van der Waals surface area (Å²) in [5.74, 6) is 0.350. The molecule has 2 N–H and O–H groups in total. The molecular formula is C15H15N5O2S. The lowest BCUT2D eigenvalue weighted by molar-refractivity contribution is -0.117. The van der Waals surface area contributed by atoms with E-state index in [2.05, 4.69) is 25.9 Å². The van der Waals surface area contributed by atoms with Crippen molar-refractivity contribution in [2.75, 3.05) is 12.4 Å². The Kier molecular flexibility index (Phi) is 4.62. The van der Waals surface area contributed by atoms with Gasteiger partial charge in [-0.1, -0.05) is 17.3 Å². The molecule has 1 aromatic carbocycles. The minimum absolute atomic E-state index is 0.187. The zero-order chi connectivity index (χ0) is 16.1. The topological polar surface area (TPSA) is 92.8 Å². The van der Waals surface area contributed by atoms with Gasteiger partial charge in [-0.2, -0.15) is 5.21 Å². The number of carbonyl (C=O) groups is 1. The van der Waals surface area contributed by atoms with Crippen molar-refractivity contribution in [3.05, 3.63) is 52.5 Å². The smallest absolute Gasteiger partial charge is 0.235 e. The lowest BCUT2D eigenvalue weighted by Gasteiger charge is -2.13. The highest BCUT2D eigenvalue weighted by molar-refractivity contribution is 7.09. The Labute approximate surface area is 136 Å². The molecule has 0 saturated heterocycles. The molecule has 3 rings (SSSR count). The van der Waals surface area contributed by atoms with Crippen LogP contribution in [-0.4, -0.2) is 33.6 Å². The molecule has 0 spiro atoms. The largest absolute Gasteiger partial charge is 0.497 e. The SMILES string of the molecule is COc1cccc(NC(=O)C(Cc2cccs2)c2nn[nH]n2)c1. The van der Waals surface area contributed by atoms with Crippen molar-refractivity contribution in [2.24, 2.45) is 0 Å². The van der Waals surface area contributed by atoms with Crippen LogP contribution in [0, 0.1) is 0 Å². The second-order valence-corrected chi connectivity index (χ2v) is 5.86. The molecule has 7 nitrogen and oxygen atoms in total. The fourth-order valence-electron chi connectivity index (χ4n) is 2.18. The number of rotatable bonds is 6. The predicted molar refractivity (Wildman–Crippen MR) is 86.6 cm³/mol. The monoisotopic (exact) mass is 329 g/mol. The molecule has 1 unspecified atom stereocenters. The van der Waals surface area contributed by atoms with Gasteiger partial charge in [-0.15, -0.1) is 21.5 Å². The van der Waals surface area contributed by atoms with Crippen LogP contribution in [0.4, 0.5) is 5.69 Å². The third-order valence-corrected chi connectivity index (χ3v) is 4.21. The van der Waals surface area contributed by atoms with Crippen LogP contribution < -0.4 is 10.1 Å². The third-order valence-electron chi connectivity index (χ3n) is 3.31. The van der Waals surface area contributed by atoms with Gasteiger partial charge in [0.1, 0.15) is 11.7 Å². The summed E-state index contributed by atoms with van der Waals surface area (Å²) in [5, 5.41) is 18.7. The van der Waals surface area contributed by atoms with E-state index in [1.54, 1.807) is 30.6 Å². The highest BCUT2D eigenvalue weighted by Gasteiger charge is 2.25. The molecule has 1 amide bonds. The van der Waals surface area contributed by atoms with Gasteiger partial charge in [0.25, 0.3) is 0 Å². The molecule has 8 heteroatoms. The summed E-state index contributed by atoms with van der Waals surface area (Å²) in [6.45, 7) is 0. The Morgan fingerprint density at radius 1 is 1.39 bits per heavy atom. The first-order valence-electron chi connectivity index (χ1n) is 6.97. The molecule has 2 heterocycles. The minimum Gasteiger partial charge on any atom is -0.497 e. The second-order valence-electron chi connectivity index (χ2n) is 4.83. The summed E-state index contributed by atoms with van der Waals surface area (Å²) in [4.78, 5) is 13.8. The van der Waals surface area contributed by atoms with Crippen LogP contribution in [0.5, 0.6) is 5.75 Å². The molecule has 0 aliphatic rings. The first kappa shape index (κ1) is 15.2. The van der Waals surface area contributed by atoms with E-state index >= 15 is 0 Å². The van der Waals surface area contributed by atoms with Crippen molar-refractivity contribution in [3.8, 4) is 5.75 Å². The van der Waals surface area contributed by atoms with E-state index in [4.69, 9.17) is 4.74 Å². The number of methoxy groups -OCH3 is 1. The number of aromatic nitrogens is 4. The zero-order valence-corrected chi connectivity index (χ0v) is 13.2. The maximum atomic E-state index is 12.7. The maximum absolute atomic E-state index is 12.7. The summed E-state index contributed by atoms with van der Waals surface area (Å²) in [5.41, 5.74) is 0.661. The number of benzene rings is 1. The van der Waals surface area contributed by atoms with Crippen molar-refractivity contribution < 1.29 is 9.53 Å². The van der Waals surface area contributed by atoms with E-state index in [1.165, 1.54) is 0 Å². The summed E-state index contributed by atoms with van der Waals surface area (Å²) in [7, 11) is 1.58. The average molecular weight is 329 g/mol. The van der Waals surface area contributed by atoms with Gasteiger partial charge in [0.05, 0.1) is 7.11 Å². The molecule has 23 heavy (non-hydrogen) atoms. The van der Waals surface area contributed by atoms with Crippen LogP contribution in [0.3, 0.4) is 0 Å². The number of aromatic amines is 1. The number of hydrogen-bond donors (Lipinski definition) is 2. The van der Waals surface area contributed by atoms with Gasteiger partial charge in [-0.05, 0) is 23.6 Å². The van der Waals surface area contributed by atoms with Crippen LogP contribution in [0.25, 0.3) is 0 Å². The van der Waals surface area contributed by atoms with Gasteiger partial charge < -0.3 is 10.1 Å². The Morgan fingerprint density at radius 2 is 2.30 bits per heavy atom. The van der Waals surface area contributed by atoms with Gasteiger partial charge in [0.15, 0.2) is 5.82 Å². The molecule has 0 fully saturated rings. The number of thiophene rings is 1. The molecule has 118 valence electrons. The number of ether oxygens (including phenoxy) is 1. The summed E-state index contributed by atoms with van der Waals surface area (Å²) >= 11 is 1.59. The molecule has 2 aromatic heterocycles. The van der Waals surface area contributed by atoms with E-state index in [-0.39, 0.29) is 5.91 Å². The number of tetrazole rings is 1. The number of nitrogens with zero attached hydrogens (tertiary/aromatic N) is 3. The van der Waals surface area contributed by atoms with Gasteiger partial charge in [0, 0.05) is 23.1 Å². The number of hydrogen-bond acceptors (Lipinski definition) is 6. The third kappa shape index (κ3) is 3.72. The van der Waals surface area contributed by atoms with Gasteiger partial charge in [0.2, 0.25) is 5.91 Å². The minimum atomic E-state index is -0.515. The second kappa shape index (κ2) is 7.01. The summed E-state index contributed by atoms with van der Waals surface area (Å²) in [6.07, 6.45) is 0.521. The van der Waals surface area contributed by atoms with Gasteiger partial charge >= 0.3 is 0 Å². The normalized spacial score (nSPS) is 11.9. The standard InChI is InChI=1S/C15H15N5O2S/c1-22-11-5-2-4-10(8-11)16-15(21)13(14-17-19-20-18-14)9-12-6-3-7-23-12/h2-8,13H,9H2,1H3,(H,16,21)(H,17,18,19,20). The molecule has 0 bridgehead atoms. The Balaban J connectivity index is 1.79. The lowest BCUT2D eigenvalue weighted by atomic mass is 10.0. The van der Waals surface area contributed by atoms with Crippen molar-refractivity contribution >= 4 is 22.9 Å². The van der Waals surface area contributed by atoms with Crippen molar-refractivity contribution in [3.63, 3.8) is 0 Å². The van der Waals surface area contributed by atoms with Crippen LogP contribution in [0.2, 0.25) is 0 Å². The van der Waals surface area contributed by atoms with Crippen molar-refractivity contribution in [1.29, 1.82) is 0 Å². The van der Waals surface area contributed by atoms with E-state index < -0.39 is 5.92 Å². The van der Waals surface area contributed by atoms with Crippen molar-refractivity contribution in [1.82, 2.24) is 20.6 Å². The fourth-order valence-corrected chi connectivity index (χ4v) is 2.93. The number of H-pyrrole nitrogens is 1. The highest BCUT2D eigenvalue weighted by Crippen LogP contribution is 2.23. The van der Waals surface area contributed by atoms with E-state index in [0.717, 1.165) is 4.88 Å². The molecule has 0 aliphatic heterocycles. The lowest BCUT2D eigenvalue weighted by Crippen LogP contribution is -2.24. The number of amides is 1. The molecule has 1 atom stereocenters. The van der Waals surface area contributed by atoms with Crippen LogP contribution >= 0.6 is 11.3 Å². The molecule has 3 aromatic rings. The summed E-state index contributed by atoms with van der Waals surface area (Å²) in [6, 6.07) is 11.1. The zero-order valence-electron chi connectivity index (χ0n) is 12.4.